The van der Waals surface area contributed by atoms with E-state index in [0.29, 0.717) is 6.04 Å². The zero-order valence-electron chi connectivity index (χ0n) is 17.3. The van der Waals surface area contributed by atoms with E-state index in [2.05, 4.69) is 45.7 Å². The summed E-state index contributed by atoms with van der Waals surface area (Å²) >= 11 is 0. The molecule has 152 valence electrons. The predicted molar refractivity (Wildman–Crippen MR) is 112 cm³/mol. The fourth-order valence-electron chi connectivity index (χ4n) is 4.26. The Balaban J connectivity index is 1.50. The van der Waals surface area contributed by atoms with Crippen LogP contribution < -0.4 is 15.5 Å². The van der Waals surface area contributed by atoms with Crippen molar-refractivity contribution in [3.63, 3.8) is 0 Å². The van der Waals surface area contributed by atoms with Gasteiger partial charge in [-0.25, -0.2) is 0 Å². The highest BCUT2D eigenvalue weighted by Crippen LogP contribution is 2.22. The van der Waals surface area contributed by atoms with Gasteiger partial charge in [-0.1, -0.05) is 12.8 Å². The lowest BCUT2D eigenvalue weighted by Gasteiger charge is -2.34. The van der Waals surface area contributed by atoms with Gasteiger partial charge in [-0.3, -0.25) is 9.67 Å². The fourth-order valence-corrected chi connectivity index (χ4v) is 4.26. The minimum atomic E-state index is 0.421. The van der Waals surface area contributed by atoms with Gasteiger partial charge in [-0.05, 0) is 39.7 Å². The van der Waals surface area contributed by atoms with Crippen molar-refractivity contribution < 1.29 is 0 Å². The van der Waals surface area contributed by atoms with Crippen LogP contribution in [0.3, 0.4) is 0 Å². The Morgan fingerprint density at radius 2 is 2.11 bits per heavy atom. The number of likely N-dealkylation sites (N-methyl/N-ethyl adjacent to an activating group) is 1. The monoisotopic (exact) mass is 375 g/mol. The van der Waals surface area contributed by atoms with Gasteiger partial charge < -0.3 is 20.4 Å². The van der Waals surface area contributed by atoms with Gasteiger partial charge in [-0.2, -0.15) is 5.10 Å². The summed E-state index contributed by atoms with van der Waals surface area (Å²) in [6, 6.07) is 1.19. The minimum absolute atomic E-state index is 0.421. The van der Waals surface area contributed by atoms with Crippen molar-refractivity contribution in [3.8, 4) is 0 Å². The molecular formula is C20H37N7. The van der Waals surface area contributed by atoms with Gasteiger partial charge in [0.2, 0.25) is 0 Å². The first-order chi connectivity index (χ1) is 13.2. The molecule has 1 saturated carbocycles. The summed E-state index contributed by atoms with van der Waals surface area (Å²) in [6.07, 6.45) is 11.9. The molecule has 2 fully saturated rings. The lowest BCUT2D eigenvalue weighted by atomic mass is 10.1. The van der Waals surface area contributed by atoms with Crippen LogP contribution >= 0.6 is 0 Å². The summed E-state index contributed by atoms with van der Waals surface area (Å²) in [5.74, 6) is 0.954. The molecule has 1 aromatic heterocycles. The predicted octanol–water partition coefficient (Wildman–Crippen LogP) is 1.82. The summed E-state index contributed by atoms with van der Waals surface area (Å²) in [5, 5.41) is 11.4. The molecule has 0 spiro atoms. The molecule has 1 atom stereocenters. The molecule has 0 amide bonds. The van der Waals surface area contributed by atoms with Gasteiger partial charge in [0.05, 0.1) is 18.4 Å². The molecule has 0 bridgehead atoms. The summed E-state index contributed by atoms with van der Waals surface area (Å²) in [4.78, 5) is 9.75. The third kappa shape index (κ3) is 5.86. The molecule has 3 rings (SSSR count). The zero-order chi connectivity index (χ0) is 19.1. The largest absolute Gasteiger partial charge is 0.367 e. The van der Waals surface area contributed by atoms with Gasteiger partial charge in [-0.15, -0.1) is 0 Å². The average molecular weight is 376 g/mol. The van der Waals surface area contributed by atoms with Gasteiger partial charge in [0.1, 0.15) is 0 Å². The fraction of sp³-hybridized carbons (Fsp3) is 0.800. The number of aliphatic imine (C=N–C) groups is 1. The lowest BCUT2D eigenvalue weighted by Crippen LogP contribution is -2.51. The second kappa shape index (κ2) is 9.97. The lowest BCUT2D eigenvalue weighted by molar-refractivity contribution is 0.252. The van der Waals surface area contributed by atoms with Crippen molar-refractivity contribution in [1.29, 1.82) is 0 Å². The molecule has 2 heterocycles. The molecule has 1 saturated heterocycles. The first kappa shape index (κ1) is 20.0. The van der Waals surface area contributed by atoms with Gasteiger partial charge >= 0.3 is 0 Å². The summed E-state index contributed by atoms with van der Waals surface area (Å²) in [5.41, 5.74) is 1.21. The van der Waals surface area contributed by atoms with Crippen LogP contribution in [0.25, 0.3) is 0 Å². The molecule has 7 nitrogen and oxygen atoms in total. The van der Waals surface area contributed by atoms with Crippen molar-refractivity contribution >= 4 is 11.6 Å². The minimum Gasteiger partial charge on any atom is -0.367 e. The topological polar surface area (TPSA) is 60.7 Å². The molecule has 1 unspecified atom stereocenters. The molecule has 1 aliphatic heterocycles. The van der Waals surface area contributed by atoms with E-state index < -0.39 is 0 Å². The maximum atomic E-state index is 4.84. The van der Waals surface area contributed by atoms with Crippen LogP contribution in [-0.4, -0.2) is 72.5 Å². The number of anilines is 1. The zero-order valence-corrected chi connectivity index (χ0v) is 17.3. The van der Waals surface area contributed by atoms with E-state index in [4.69, 9.17) is 4.99 Å². The molecule has 2 N–H and O–H groups in total. The normalized spacial score (nSPS) is 21.9. The van der Waals surface area contributed by atoms with E-state index in [1.807, 2.05) is 17.9 Å². The summed E-state index contributed by atoms with van der Waals surface area (Å²) in [6.45, 7) is 7.00. The molecule has 7 heteroatoms. The van der Waals surface area contributed by atoms with Crippen LogP contribution in [-0.2, 0) is 7.05 Å². The molecule has 1 aliphatic carbocycles. The van der Waals surface area contributed by atoms with Crippen LogP contribution in [0.5, 0.6) is 0 Å². The van der Waals surface area contributed by atoms with Crippen molar-refractivity contribution in [1.82, 2.24) is 25.3 Å². The highest BCUT2D eigenvalue weighted by molar-refractivity contribution is 5.80. The van der Waals surface area contributed by atoms with Crippen LogP contribution in [0, 0.1) is 0 Å². The number of guanidine groups is 1. The van der Waals surface area contributed by atoms with Crippen molar-refractivity contribution in [2.45, 2.75) is 57.5 Å². The van der Waals surface area contributed by atoms with E-state index in [1.54, 1.807) is 0 Å². The van der Waals surface area contributed by atoms with Crippen LogP contribution in [0.1, 0.15) is 45.4 Å². The first-order valence-corrected chi connectivity index (χ1v) is 10.6. The van der Waals surface area contributed by atoms with Crippen LogP contribution in [0.15, 0.2) is 17.4 Å². The molecular weight excluding hydrogens is 338 g/mol. The van der Waals surface area contributed by atoms with Crippen molar-refractivity contribution in [3.05, 3.63) is 12.4 Å². The van der Waals surface area contributed by atoms with E-state index in [0.717, 1.165) is 44.7 Å². The Morgan fingerprint density at radius 3 is 2.81 bits per heavy atom. The Kier molecular flexibility index (Phi) is 7.38. The number of nitrogens with zero attached hydrogens (tertiary/aromatic N) is 5. The number of aromatic nitrogens is 2. The van der Waals surface area contributed by atoms with E-state index >= 15 is 0 Å². The van der Waals surface area contributed by atoms with Crippen LogP contribution in [0.4, 0.5) is 5.69 Å². The molecule has 0 radical (unpaired) electrons. The van der Waals surface area contributed by atoms with Crippen molar-refractivity contribution in [2.75, 3.05) is 44.7 Å². The molecule has 27 heavy (non-hydrogen) atoms. The second-order valence-electron chi connectivity index (χ2n) is 7.98. The number of aryl methyl sites for hydroxylation is 1. The first-order valence-electron chi connectivity index (χ1n) is 10.6. The molecule has 0 aromatic carbocycles. The highest BCUT2D eigenvalue weighted by Gasteiger charge is 2.22. The molecule has 1 aromatic rings. The number of rotatable bonds is 7. The summed E-state index contributed by atoms with van der Waals surface area (Å²) < 4.78 is 1.87. The standard InChI is InChI=1S/C20H37N7/c1-4-21-20(22-11-13-25(2)18-9-5-6-10-18)24-17-8-7-12-27(15-17)19-14-23-26(3)16-19/h14,16-18H,4-13,15H2,1-3H3,(H2,21,22,24). The van der Waals surface area contributed by atoms with Gasteiger partial charge in [0, 0.05) is 51.5 Å². The Morgan fingerprint density at radius 1 is 1.30 bits per heavy atom. The third-order valence-corrected chi connectivity index (χ3v) is 5.83. The quantitative estimate of drug-likeness (QED) is 0.562. The van der Waals surface area contributed by atoms with Crippen molar-refractivity contribution in [2.24, 2.45) is 12.0 Å². The Labute approximate surface area is 164 Å². The number of hydrogen-bond acceptors (Lipinski definition) is 4. The Bertz CT molecular complexity index is 591. The second-order valence-corrected chi connectivity index (χ2v) is 7.98. The maximum Gasteiger partial charge on any atom is 0.191 e. The van der Waals surface area contributed by atoms with E-state index in [1.165, 1.54) is 44.2 Å². The Hall–Kier alpha value is -1.76. The SMILES string of the molecule is CCNC(=NCCN(C)C1CCCC1)NC1CCCN(c2cnn(C)c2)C1. The van der Waals surface area contributed by atoms with E-state index in [-0.39, 0.29) is 0 Å². The smallest absolute Gasteiger partial charge is 0.191 e. The third-order valence-electron chi connectivity index (χ3n) is 5.83. The van der Waals surface area contributed by atoms with E-state index in [9.17, 15) is 0 Å². The maximum absolute atomic E-state index is 4.84. The van der Waals surface area contributed by atoms with Gasteiger partial charge in [0.15, 0.2) is 5.96 Å². The number of hydrogen-bond donors (Lipinski definition) is 2. The van der Waals surface area contributed by atoms with Gasteiger partial charge in [0.25, 0.3) is 0 Å². The number of piperidine rings is 1. The average Bonchev–Trinajstić information content (AvgIpc) is 3.34. The van der Waals surface area contributed by atoms with Crippen LogP contribution in [0.2, 0.25) is 0 Å². The number of nitrogens with one attached hydrogen (secondary N) is 2. The molecule has 2 aliphatic rings. The highest BCUT2D eigenvalue weighted by atomic mass is 15.3. The summed E-state index contributed by atoms with van der Waals surface area (Å²) in [7, 11) is 4.22.